The van der Waals surface area contributed by atoms with E-state index < -0.39 is 17.6 Å². The highest BCUT2D eigenvalue weighted by Crippen LogP contribution is 2.30. The zero-order chi connectivity index (χ0) is 16.4. The highest BCUT2D eigenvalue weighted by atomic mass is 19.4. The molecule has 0 radical (unpaired) electrons. The standard InChI is InChI=1S/C15H18F3NO2/c1-9(2)19(10(3)4)14(21)13-6-5-12(15(16,17)18)7-11(13)8-20/h5-10H,1-4H3. The number of hydrogen-bond donors (Lipinski definition) is 0. The van der Waals surface area contributed by atoms with Crippen molar-refractivity contribution >= 4 is 12.2 Å². The summed E-state index contributed by atoms with van der Waals surface area (Å²) in [6.45, 7) is 7.23. The number of benzene rings is 1. The summed E-state index contributed by atoms with van der Waals surface area (Å²) < 4.78 is 37.9. The summed E-state index contributed by atoms with van der Waals surface area (Å²) in [4.78, 5) is 25.0. The molecule has 1 rings (SSSR count). The van der Waals surface area contributed by atoms with Crippen LogP contribution in [0.2, 0.25) is 0 Å². The summed E-state index contributed by atoms with van der Waals surface area (Å²) in [7, 11) is 0. The Labute approximate surface area is 121 Å². The van der Waals surface area contributed by atoms with Crippen molar-refractivity contribution in [3.8, 4) is 0 Å². The van der Waals surface area contributed by atoms with Crippen LogP contribution in [0.4, 0.5) is 13.2 Å². The van der Waals surface area contributed by atoms with E-state index in [1.165, 1.54) is 4.90 Å². The lowest BCUT2D eigenvalue weighted by atomic mass is 10.0. The van der Waals surface area contributed by atoms with Gasteiger partial charge in [0, 0.05) is 17.6 Å². The number of aldehydes is 1. The first-order valence-corrected chi connectivity index (χ1v) is 6.58. The Hall–Kier alpha value is -1.85. The molecule has 0 aromatic heterocycles. The fourth-order valence-corrected chi connectivity index (χ4v) is 2.24. The number of carbonyl (C=O) groups is 2. The van der Waals surface area contributed by atoms with Crippen LogP contribution < -0.4 is 0 Å². The third-order valence-electron chi connectivity index (χ3n) is 3.08. The largest absolute Gasteiger partial charge is 0.416 e. The van der Waals surface area contributed by atoms with Gasteiger partial charge < -0.3 is 4.90 Å². The third kappa shape index (κ3) is 3.83. The number of nitrogens with zero attached hydrogens (tertiary/aromatic N) is 1. The minimum absolute atomic E-state index is 0.0135. The van der Waals surface area contributed by atoms with Crippen molar-refractivity contribution in [2.75, 3.05) is 0 Å². The maximum atomic E-state index is 12.6. The van der Waals surface area contributed by atoms with Crippen molar-refractivity contribution in [3.05, 3.63) is 34.9 Å². The second-order valence-corrected chi connectivity index (χ2v) is 5.32. The van der Waals surface area contributed by atoms with Gasteiger partial charge >= 0.3 is 6.18 Å². The van der Waals surface area contributed by atoms with E-state index in [1.807, 2.05) is 27.7 Å². The van der Waals surface area contributed by atoms with Crippen LogP contribution >= 0.6 is 0 Å². The maximum absolute atomic E-state index is 12.6. The number of rotatable bonds is 4. The third-order valence-corrected chi connectivity index (χ3v) is 3.08. The second-order valence-electron chi connectivity index (χ2n) is 5.32. The van der Waals surface area contributed by atoms with E-state index in [0.29, 0.717) is 6.07 Å². The Morgan fingerprint density at radius 3 is 2.05 bits per heavy atom. The molecule has 0 heterocycles. The minimum Gasteiger partial charge on any atom is -0.334 e. The number of hydrogen-bond acceptors (Lipinski definition) is 2. The van der Waals surface area contributed by atoms with E-state index in [2.05, 4.69) is 0 Å². The molecule has 0 saturated carbocycles. The van der Waals surface area contributed by atoms with Gasteiger partial charge in [0.15, 0.2) is 6.29 Å². The Morgan fingerprint density at radius 1 is 1.14 bits per heavy atom. The first kappa shape index (κ1) is 17.2. The normalized spacial score (nSPS) is 11.9. The Bertz CT molecular complexity index is 528. The molecular weight excluding hydrogens is 283 g/mol. The van der Waals surface area contributed by atoms with Gasteiger partial charge in [-0.1, -0.05) is 0 Å². The summed E-state index contributed by atoms with van der Waals surface area (Å²) in [6.07, 6.45) is -4.27. The SMILES string of the molecule is CC(C)N(C(=O)c1ccc(C(F)(F)F)cc1C=O)C(C)C. The smallest absolute Gasteiger partial charge is 0.334 e. The van der Waals surface area contributed by atoms with Gasteiger partial charge in [-0.2, -0.15) is 13.2 Å². The van der Waals surface area contributed by atoms with Gasteiger partial charge in [-0.25, -0.2) is 0 Å². The quantitative estimate of drug-likeness (QED) is 0.794. The predicted octanol–water partition coefficient (Wildman–Crippen LogP) is 3.78. The van der Waals surface area contributed by atoms with Gasteiger partial charge in [0.1, 0.15) is 0 Å². The van der Waals surface area contributed by atoms with E-state index in [1.54, 1.807) is 0 Å². The Balaban J connectivity index is 3.30. The van der Waals surface area contributed by atoms with Crippen molar-refractivity contribution < 1.29 is 22.8 Å². The molecule has 0 spiro atoms. The molecule has 0 aliphatic rings. The average molecular weight is 301 g/mol. The van der Waals surface area contributed by atoms with Gasteiger partial charge in [0.25, 0.3) is 5.91 Å². The lowest BCUT2D eigenvalue weighted by molar-refractivity contribution is -0.137. The molecule has 0 unspecified atom stereocenters. The van der Waals surface area contributed by atoms with E-state index >= 15 is 0 Å². The Kier molecular flexibility index (Phi) is 5.15. The topological polar surface area (TPSA) is 37.4 Å². The summed E-state index contributed by atoms with van der Waals surface area (Å²) in [5.74, 6) is -0.448. The van der Waals surface area contributed by atoms with Gasteiger partial charge in [-0.15, -0.1) is 0 Å². The molecule has 0 bridgehead atoms. The molecule has 0 atom stereocenters. The summed E-state index contributed by atoms with van der Waals surface area (Å²) in [6, 6.07) is 2.34. The fraction of sp³-hybridized carbons (Fsp3) is 0.467. The molecule has 0 aliphatic carbocycles. The van der Waals surface area contributed by atoms with Crippen molar-refractivity contribution in [1.82, 2.24) is 4.90 Å². The van der Waals surface area contributed by atoms with Crippen LogP contribution in [0.3, 0.4) is 0 Å². The van der Waals surface area contributed by atoms with Crippen molar-refractivity contribution in [2.45, 2.75) is 46.0 Å². The van der Waals surface area contributed by atoms with Gasteiger partial charge in [-0.05, 0) is 45.9 Å². The van der Waals surface area contributed by atoms with Crippen LogP contribution in [0.15, 0.2) is 18.2 Å². The van der Waals surface area contributed by atoms with Crippen molar-refractivity contribution in [3.63, 3.8) is 0 Å². The Morgan fingerprint density at radius 2 is 1.67 bits per heavy atom. The van der Waals surface area contributed by atoms with Crippen LogP contribution in [0, 0.1) is 0 Å². The van der Waals surface area contributed by atoms with Crippen LogP contribution in [0.25, 0.3) is 0 Å². The average Bonchev–Trinajstić information content (AvgIpc) is 2.35. The molecule has 21 heavy (non-hydrogen) atoms. The number of carbonyl (C=O) groups excluding carboxylic acids is 2. The molecule has 1 amide bonds. The highest BCUT2D eigenvalue weighted by molar-refractivity contribution is 6.01. The van der Waals surface area contributed by atoms with Crippen LogP contribution in [0.5, 0.6) is 0 Å². The molecule has 6 heteroatoms. The van der Waals surface area contributed by atoms with Crippen molar-refractivity contribution in [2.24, 2.45) is 0 Å². The zero-order valence-electron chi connectivity index (χ0n) is 12.4. The number of alkyl halides is 3. The summed E-state index contributed by atoms with van der Waals surface area (Å²) in [5.41, 5.74) is -1.21. The molecule has 116 valence electrons. The molecule has 3 nitrogen and oxygen atoms in total. The van der Waals surface area contributed by atoms with E-state index in [9.17, 15) is 22.8 Å². The monoisotopic (exact) mass is 301 g/mol. The van der Waals surface area contributed by atoms with Gasteiger partial charge in [0.05, 0.1) is 11.1 Å². The zero-order valence-corrected chi connectivity index (χ0v) is 12.4. The van der Waals surface area contributed by atoms with Gasteiger partial charge in [-0.3, -0.25) is 9.59 Å². The van der Waals surface area contributed by atoms with Crippen LogP contribution in [0.1, 0.15) is 54.0 Å². The van der Waals surface area contributed by atoms with E-state index in [4.69, 9.17) is 0 Å². The number of halogens is 3. The molecule has 0 saturated heterocycles. The first-order valence-electron chi connectivity index (χ1n) is 6.58. The molecular formula is C15H18F3NO2. The first-order chi connectivity index (χ1) is 9.59. The molecule has 1 aromatic carbocycles. The predicted molar refractivity (Wildman–Crippen MR) is 73.3 cm³/mol. The molecule has 0 N–H and O–H groups in total. The number of amides is 1. The van der Waals surface area contributed by atoms with E-state index in [-0.39, 0.29) is 29.5 Å². The molecule has 0 aliphatic heterocycles. The lowest BCUT2D eigenvalue weighted by Gasteiger charge is -2.31. The fourth-order valence-electron chi connectivity index (χ4n) is 2.24. The van der Waals surface area contributed by atoms with Gasteiger partial charge in [0.2, 0.25) is 0 Å². The second kappa shape index (κ2) is 6.28. The highest BCUT2D eigenvalue weighted by Gasteiger charge is 2.32. The summed E-state index contributed by atoms with van der Waals surface area (Å²) in [5, 5.41) is 0. The van der Waals surface area contributed by atoms with Crippen molar-refractivity contribution in [1.29, 1.82) is 0 Å². The lowest BCUT2D eigenvalue weighted by Crippen LogP contribution is -2.42. The summed E-state index contributed by atoms with van der Waals surface area (Å²) >= 11 is 0. The molecule has 0 fully saturated rings. The van der Waals surface area contributed by atoms with Crippen LogP contribution in [-0.4, -0.2) is 29.2 Å². The van der Waals surface area contributed by atoms with Crippen LogP contribution in [-0.2, 0) is 6.18 Å². The van der Waals surface area contributed by atoms with E-state index in [0.717, 1.165) is 12.1 Å². The maximum Gasteiger partial charge on any atom is 0.416 e. The molecule has 1 aromatic rings. The minimum atomic E-state index is -4.55.